The summed E-state index contributed by atoms with van der Waals surface area (Å²) in [6, 6.07) is 10.3. The first-order chi connectivity index (χ1) is 8.31. The maximum absolute atomic E-state index is 9.78. The molecule has 1 saturated carbocycles. The van der Waals surface area contributed by atoms with Gasteiger partial charge in [-0.05, 0) is 23.8 Å². The van der Waals surface area contributed by atoms with Crippen LogP contribution in [0.3, 0.4) is 0 Å². The highest BCUT2D eigenvalue weighted by Crippen LogP contribution is 2.60. The molecule has 17 heavy (non-hydrogen) atoms. The van der Waals surface area contributed by atoms with Gasteiger partial charge in [-0.15, -0.1) is 0 Å². The minimum atomic E-state index is -0.360. The number of benzene rings is 1. The summed E-state index contributed by atoms with van der Waals surface area (Å²) in [4.78, 5) is 0. The van der Waals surface area contributed by atoms with E-state index in [1.165, 1.54) is 5.56 Å². The molecule has 0 amide bonds. The van der Waals surface area contributed by atoms with Crippen LogP contribution in [0.1, 0.15) is 17.9 Å². The zero-order valence-electron chi connectivity index (χ0n) is 9.79. The fourth-order valence-electron chi connectivity index (χ4n) is 3.78. The summed E-state index contributed by atoms with van der Waals surface area (Å²) in [6.45, 7) is 0.128. The Balaban J connectivity index is 2.06. The molecule has 2 bridgehead atoms. The van der Waals surface area contributed by atoms with Crippen molar-refractivity contribution in [1.82, 2.24) is 0 Å². The van der Waals surface area contributed by atoms with Gasteiger partial charge in [0.1, 0.15) is 0 Å². The maximum Gasteiger partial charge on any atom is 0.0521 e. The quantitative estimate of drug-likeness (QED) is 0.779. The molecule has 0 spiro atoms. The number of rotatable bonds is 3. The van der Waals surface area contributed by atoms with E-state index in [2.05, 4.69) is 24.3 Å². The number of hydrogen-bond donors (Lipinski definition) is 2. The van der Waals surface area contributed by atoms with Crippen LogP contribution in [0.5, 0.6) is 0 Å². The summed E-state index contributed by atoms with van der Waals surface area (Å²) in [7, 11) is 0. The fourth-order valence-corrected chi connectivity index (χ4v) is 3.78. The van der Waals surface area contributed by atoms with Gasteiger partial charge in [0, 0.05) is 11.3 Å². The molecule has 90 valence electrons. The molecule has 2 heteroatoms. The summed E-state index contributed by atoms with van der Waals surface area (Å²) in [5, 5.41) is 19.6. The van der Waals surface area contributed by atoms with Gasteiger partial charge in [-0.3, -0.25) is 0 Å². The first-order valence-electron chi connectivity index (χ1n) is 6.27. The Morgan fingerprint density at radius 2 is 1.76 bits per heavy atom. The number of aliphatic hydroxyl groups excluding tert-OH is 2. The average Bonchev–Trinajstić information content (AvgIpc) is 2.98. The van der Waals surface area contributed by atoms with Crippen molar-refractivity contribution in [3.05, 3.63) is 48.0 Å². The Kier molecular flexibility index (Phi) is 2.57. The van der Waals surface area contributed by atoms with Crippen molar-refractivity contribution >= 4 is 0 Å². The molecule has 3 atom stereocenters. The molecule has 1 aromatic rings. The van der Waals surface area contributed by atoms with Crippen molar-refractivity contribution in [3.8, 4) is 0 Å². The van der Waals surface area contributed by atoms with E-state index < -0.39 is 0 Å². The van der Waals surface area contributed by atoms with Crippen LogP contribution in [0, 0.1) is 17.3 Å². The van der Waals surface area contributed by atoms with Gasteiger partial charge in [0.05, 0.1) is 13.2 Å². The Labute approximate surface area is 102 Å². The highest BCUT2D eigenvalue weighted by atomic mass is 16.3. The van der Waals surface area contributed by atoms with Crippen molar-refractivity contribution in [3.63, 3.8) is 0 Å². The molecule has 0 aromatic heterocycles. The molecule has 2 N–H and O–H groups in total. The summed E-state index contributed by atoms with van der Waals surface area (Å²) in [5.74, 6) is 1.06. The average molecular weight is 230 g/mol. The summed E-state index contributed by atoms with van der Waals surface area (Å²) in [5.41, 5.74) is 0.883. The van der Waals surface area contributed by atoms with Crippen LogP contribution in [0.25, 0.3) is 0 Å². The SMILES string of the molecule is OCC1(CO)C2C=CC(C2)C1c1ccccc1. The third kappa shape index (κ3) is 1.41. The number of allylic oxidation sites excluding steroid dienone is 2. The second kappa shape index (κ2) is 3.97. The largest absolute Gasteiger partial charge is 0.396 e. The van der Waals surface area contributed by atoms with Crippen LogP contribution < -0.4 is 0 Å². The second-order valence-electron chi connectivity index (χ2n) is 5.33. The van der Waals surface area contributed by atoms with Crippen molar-refractivity contribution in [2.24, 2.45) is 17.3 Å². The van der Waals surface area contributed by atoms with Gasteiger partial charge in [0.15, 0.2) is 0 Å². The van der Waals surface area contributed by atoms with Gasteiger partial charge in [-0.25, -0.2) is 0 Å². The van der Waals surface area contributed by atoms with Gasteiger partial charge in [0.2, 0.25) is 0 Å². The molecule has 2 aliphatic carbocycles. The molecule has 0 aliphatic heterocycles. The lowest BCUT2D eigenvalue weighted by Gasteiger charge is -2.39. The first-order valence-corrected chi connectivity index (χ1v) is 6.27. The van der Waals surface area contributed by atoms with Gasteiger partial charge in [-0.2, -0.15) is 0 Å². The molecule has 1 fully saturated rings. The molecule has 0 heterocycles. The first kappa shape index (κ1) is 11.0. The van der Waals surface area contributed by atoms with Crippen molar-refractivity contribution in [2.75, 3.05) is 13.2 Å². The minimum absolute atomic E-state index is 0.0641. The second-order valence-corrected chi connectivity index (χ2v) is 5.33. The Morgan fingerprint density at radius 1 is 1.06 bits per heavy atom. The topological polar surface area (TPSA) is 40.5 Å². The Bertz CT molecular complexity index is 420. The molecule has 3 rings (SSSR count). The standard InChI is InChI=1S/C15H18O2/c16-9-15(10-17)13-7-6-12(8-13)14(15)11-4-2-1-3-5-11/h1-7,12-14,16-17H,8-10H2. The van der Waals surface area contributed by atoms with Crippen LogP contribution in [-0.4, -0.2) is 23.4 Å². The van der Waals surface area contributed by atoms with E-state index in [9.17, 15) is 10.2 Å². The molecule has 2 nitrogen and oxygen atoms in total. The van der Waals surface area contributed by atoms with Gasteiger partial charge < -0.3 is 10.2 Å². The highest BCUT2D eigenvalue weighted by molar-refractivity contribution is 5.32. The van der Waals surface area contributed by atoms with E-state index in [0.29, 0.717) is 11.8 Å². The number of aliphatic hydroxyl groups is 2. The Morgan fingerprint density at radius 3 is 2.41 bits per heavy atom. The van der Waals surface area contributed by atoms with E-state index in [4.69, 9.17) is 0 Å². The van der Waals surface area contributed by atoms with Crippen molar-refractivity contribution in [1.29, 1.82) is 0 Å². The summed E-state index contributed by atoms with van der Waals surface area (Å²) in [6.07, 6.45) is 5.50. The van der Waals surface area contributed by atoms with E-state index in [-0.39, 0.29) is 24.5 Å². The molecule has 0 radical (unpaired) electrons. The van der Waals surface area contributed by atoms with Crippen molar-refractivity contribution in [2.45, 2.75) is 12.3 Å². The number of hydrogen-bond acceptors (Lipinski definition) is 2. The fraction of sp³-hybridized carbons (Fsp3) is 0.467. The van der Waals surface area contributed by atoms with Gasteiger partial charge >= 0.3 is 0 Å². The number of fused-ring (bicyclic) bond motifs is 2. The maximum atomic E-state index is 9.78. The predicted molar refractivity (Wildman–Crippen MR) is 66.5 cm³/mol. The van der Waals surface area contributed by atoms with Crippen molar-refractivity contribution < 1.29 is 10.2 Å². The zero-order valence-corrected chi connectivity index (χ0v) is 9.79. The summed E-state index contributed by atoms with van der Waals surface area (Å²) < 4.78 is 0. The van der Waals surface area contributed by atoms with E-state index in [0.717, 1.165) is 6.42 Å². The molecular weight excluding hydrogens is 212 g/mol. The van der Waals surface area contributed by atoms with E-state index in [1.807, 2.05) is 18.2 Å². The molecule has 0 saturated heterocycles. The smallest absolute Gasteiger partial charge is 0.0521 e. The molecule has 1 aromatic carbocycles. The Hall–Kier alpha value is -1.12. The third-order valence-electron chi connectivity index (χ3n) is 4.65. The van der Waals surface area contributed by atoms with Crippen LogP contribution in [0.4, 0.5) is 0 Å². The van der Waals surface area contributed by atoms with E-state index >= 15 is 0 Å². The molecular formula is C15H18O2. The molecule has 3 unspecified atom stereocenters. The van der Waals surface area contributed by atoms with E-state index in [1.54, 1.807) is 0 Å². The minimum Gasteiger partial charge on any atom is -0.396 e. The monoisotopic (exact) mass is 230 g/mol. The normalized spacial score (nSPS) is 33.2. The van der Waals surface area contributed by atoms with Crippen LogP contribution in [-0.2, 0) is 0 Å². The van der Waals surface area contributed by atoms with Gasteiger partial charge in [-0.1, -0.05) is 42.5 Å². The lowest BCUT2D eigenvalue weighted by atomic mass is 9.67. The predicted octanol–water partition coefficient (Wildman–Crippen LogP) is 1.95. The van der Waals surface area contributed by atoms with Gasteiger partial charge in [0.25, 0.3) is 0 Å². The highest BCUT2D eigenvalue weighted by Gasteiger charge is 2.55. The summed E-state index contributed by atoms with van der Waals surface area (Å²) >= 11 is 0. The van der Waals surface area contributed by atoms with Crippen LogP contribution in [0.2, 0.25) is 0 Å². The molecule has 2 aliphatic rings. The third-order valence-corrected chi connectivity index (χ3v) is 4.65. The van der Waals surface area contributed by atoms with Crippen LogP contribution in [0.15, 0.2) is 42.5 Å². The lowest BCUT2D eigenvalue weighted by molar-refractivity contribution is 0.0179. The lowest BCUT2D eigenvalue weighted by Crippen LogP contribution is -2.40. The zero-order chi connectivity index (χ0) is 11.9. The van der Waals surface area contributed by atoms with Crippen LogP contribution >= 0.6 is 0 Å².